The molecule has 0 aliphatic carbocycles. The molecule has 0 spiro atoms. The van der Waals surface area contributed by atoms with E-state index in [0.29, 0.717) is 0 Å². The highest BCUT2D eigenvalue weighted by molar-refractivity contribution is 5.95. The number of carbonyl (C=O) groups is 2. The third-order valence-electron chi connectivity index (χ3n) is 5.29. The summed E-state index contributed by atoms with van der Waals surface area (Å²) in [6, 6.07) is 8.99. The average Bonchev–Trinajstić information content (AvgIpc) is 2.94. The van der Waals surface area contributed by atoms with Gasteiger partial charge in [0, 0.05) is 0 Å². The molecule has 5 atom stereocenters. The van der Waals surface area contributed by atoms with E-state index in [-0.39, 0.29) is 11.8 Å². The normalized spacial score (nSPS) is 22.7. The van der Waals surface area contributed by atoms with Gasteiger partial charge in [-0.2, -0.15) is 0 Å². The number of cyclic esters (lactones) is 1. The van der Waals surface area contributed by atoms with E-state index in [0.717, 1.165) is 23.3 Å². The van der Waals surface area contributed by atoms with Crippen LogP contribution in [-0.4, -0.2) is 34.2 Å². The van der Waals surface area contributed by atoms with Gasteiger partial charge in [0.1, 0.15) is 6.10 Å². The Morgan fingerprint density at radius 2 is 1.89 bits per heavy atom. The van der Waals surface area contributed by atoms with Crippen molar-refractivity contribution in [2.24, 2.45) is 11.8 Å². The van der Waals surface area contributed by atoms with Crippen molar-refractivity contribution >= 4 is 12.0 Å². The molecule has 1 saturated heterocycles. The van der Waals surface area contributed by atoms with Gasteiger partial charge in [-0.3, -0.25) is 4.79 Å². The number of hydrogen-bond acceptors (Lipinski definition) is 4. The van der Waals surface area contributed by atoms with Crippen molar-refractivity contribution in [1.29, 1.82) is 0 Å². The molecule has 1 aliphatic heterocycles. The molecule has 1 N–H and O–H groups in total. The third-order valence-corrected chi connectivity index (χ3v) is 5.29. The molecule has 0 unspecified atom stereocenters. The molecule has 0 aromatic heterocycles. The highest BCUT2D eigenvalue weighted by atomic mass is 16.6. The zero-order valence-electron chi connectivity index (χ0n) is 16.9. The lowest BCUT2D eigenvalue weighted by Gasteiger charge is -2.28. The molecular formula is C22H31NO4. The lowest BCUT2D eigenvalue weighted by molar-refractivity contribution is -0.137. The molecule has 1 aromatic rings. The van der Waals surface area contributed by atoms with E-state index in [4.69, 9.17) is 4.74 Å². The SMILES string of the molecule is CC(C)=CCC[C@@H](C)[C@H](O)[C@@H](C)C(=O)N1C(=O)O[C@H](c2ccccc2)[C@H]1C. The summed E-state index contributed by atoms with van der Waals surface area (Å²) in [5.41, 5.74) is 2.10. The predicted octanol–water partition coefficient (Wildman–Crippen LogP) is 4.47. The van der Waals surface area contributed by atoms with Gasteiger partial charge in [0.05, 0.1) is 18.1 Å². The van der Waals surface area contributed by atoms with Crippen LogP contribution in [0.15, 0.2) is 42.0 Å². The Bertz CT molecular complexity index is 681. The number of allylic oxidation sites excluding steroid dienone is 2. The number of aliphatic hydroxyl groups excluding tert-OH is 1. The molecule has 1 aromatic carbocycles. The van der Waals surface area contributed by atoms with E-state index in [1.54, 1.807) is 13.8 Å². The average molecular weight is 373 g/mol. The summed E-state index contributed by atoms with van der Waals surface area (Å²) in [7, 11) is 0. The van der Waals surface area contributed by atoms with Crippen LogP contribution in [0.5, 0.6) is 0 Å². The molecule has 1 aliphatic rings. The maximum atomic E-state index is 12.9. The Morgan fingerprint density at radius 1 is 1.26 bits per heavy atom. The van der Waals surface area contributed by atoms with Crippen molar-refractivity contribution in [3.8, 4) is 0 Å². The van der Waals surface area contributed by atoms with E-state index in [9.17, 15) is 14.7 Å². The van der Waals surface area contributed by atoms with E-state index >= 15 is 0 Å². The molecule has 2 amide bonds. The van der Waals surface area contributed by atoms with E-state index < -0.39 is 30.3 Å². The zero-order chi connectivity index (χ0) is 20.1. The molecule has 1 heterocycles. The summed E-state index contributed by atoms with van der Waals surface area (Å²) in [6.07, 6.45) is 1.84. The number of benzene rings is 1. The molecule has 148 valence electrons. The zero-order valence-corrected chi connectivity index (χ0v) is 16.9. The van der Waals surface area contributed by atoms with Crippen molar-refractivity contribution in [1.82, 2.24) is 4.90 Å². The second kappa shape index (κ2) is 9.18. The van der Waals surface area contributed by atoms with Gasteiger partial charge in [0.2, 0.25) is 5.91 Å². The topological polar surface area (TPSA) is 66.8 Å². The van der Waals surface area contributed by atoms with Gasteiger partial charge in [-0.05, 0) is 45.1 Å². The Labute approximate surface area is 162 Å². The number of ether oxygens (including phenoxy) is 1. The number of hydrogen-bond donors (Lipinski definition) is 1. The molecule has 5 nitrogen and oxygen atoms in total. The summed E-state index contributed by atoms with van der Waals surface area (Å²) >= 11 is 0. The van der Waals surface area contributed by atoms with Crippen molar-refractivity contribution in [2.75, 3.05) is 0 Å². The first-order valence-corrected chi connectivity index (χ1v) is 9.64. The predicted molar refractivity (Wildman–Crippen MR) is 105 cm³/mol. The third kappa shape index (κ3) is 4.98. The van der Waals surface area contributed by atoms with Crippen LogP contribution in [0.4, 0.5) is 4.79 Å². The monoisotopic (exact) mass is 373 g/mol. The Kier molecular flexibility index (Phi) is 7.19. The van der Waals surface area contributed by atoms with Crippen LogP contribution in [0, 0.1) is 11.8 Å². The Morgan fingerprint density at radius 3 is 2.48 bits per heavy atom. The van der Waals surface area contributed by atoms with Gasteiger partial charge < -0.3 is 9.84 Å². The minimum absolute atomic E-state index is 0.0431. The Balaban J connectivity index is 2.05. The van der Waals surface area contributed by atoms with Gasteiger partial charge in [-0.15, -0.1) is 0 Å². The number of rotatable bonds is 7. The maximum Gasteiger partial charge on any atom is 0.417 e. The van der Waals surface area contributed by atoms with Crippen LogP contribution < -0.4 is 0 Å². The molecule has 1 fully saturated rings. The first-order valence-electron chi connectivity index (χ1n) is 9.64. The van der Waals surface area contributed by atoms with Crippen LogP contribution in [0.25, 0.3) is 0 Å². The molecule has 2 rings (SSSR count). The quantitative estimate of drug-likeness (QED) is 0.716. The summed E-state index contributed by atoms with van der Waals surface area (Å²) in [5.74, 6) is -1.10. The van der Waals surface area contributed by atoms with Gasteiger partial charge >= 0.3 is 6.09 Å². The lowest BCUT2D eigenvalue weighted by Crippen LogP contribution is -2.45. The van der Waals surface area contributed by atoms with Gasteiger partial charge in [0.15, 0.2) is 0 Å². The lowest BCUT2D eigenvalue weighted by atomic mass is 9.88. The van der Waals surface area contributed by atoms with Gasteiger partial charge in [-0.1, -0.05) is 55.8 Å². The van der Waals surface area contributed by atoms with Crippen LogP contribution >= 0.6 is 0 Å². The first kappa shape index (κ1) is 21.2. The van der Waals surface area contributed by atoms with Crippen molar-refractivity contribution in [2.45, 2.75) is 65.7 Å². The van der Waals surface area contributed by atoms with Crippen LogP contribution in [0.2, 0.25) is 0 Å². The molecular weight excluding hydrogens is 342 g/mol. The highest BCUT2D eigenvalue weighted by Gasteiger charge is 2.45. The smallest absolute Gasteiger partial charge is 0.417 e. The standard InChI is InChI=1S/C22H31NO4/c1-14(2)10-9-11-15(3)19(24)16(4)21(25)23-17(5)20(27-22(23)26)18-12-7-6-8-13-18/h6-8,10,12-13,15-17,19-20,24H,9,11H2,1-5H3/t15-,16-,17-,19+,20+/m1/s1. The molecule has 0 bridgehead atoms. The largest absolute Gasteiger partial charge is 0.439 e. The second-order valence-electron chi connectivity index (χ2n) is 7.78. The van der Waals surface area contributed by atoms with E-state index in [2.05, 4.69) is 6.08 Å². The summed E-state index contributed by atoms with van der Waals surface area (Å²) in [6.45, 7) is 9.50. The van der Waals surface area contributed by atoms with Crippen LogP contribution in [0.1, 0.15) is 59.1 Å². The molecule has 0 saturated carbocycles. The first-order chi connectivity index (χ1) is 12.7. The van der Waals surface area contributed by atoms with Gasteiger partial charge in [0.25, 0.3) is 0 Å². The number of amides is 2. The fourth-order valence-electron chi connectivity index (χ4n) is 3.51. The van der Waals surface area contributed by atoms with E-state index in [1.807, 2.05) is 51.1 Å². The van der Waals surface area contributed by atoms with E-state index in [1.165, 1.54) is 5.57 Å². The van der Waals surface area contributed by atoms with Crippen LogP contribution in [-0.2, 0) is 9.53 Å². The fraction of sp³-hybridized carbons (Fsp3) is 0.545. The second-order valence-corrected chi connectivity index (χ2v) is 7.78. The van der Waals surface area contributed by atoms with Crippen molar-refractivity contribution in [3.05, 3.63) is 47.5 Å². The number of aliphatic hydroxyl groups is 1. The number of nitrogens with zero attached hydrogens (tertiary/aromatic N) is 1. The summed E-state index contributed by atoms with van der Waals surface area (Å²) in [4.78, 5) is 26.4. The maximum absolute atomic E-state index is 12.9. The number of carbonyl (C=O) groups excluding carboxylic acids is 2. The molecule has 27 heavy (non-hydrogen) atoms. The Hall–Kier alpha value is -2.14. The van der Waals surface area contributed by atoms with Crippen LogP contribution in [0.3, 0.4) is 0 Å². The molecule has 5 heteroatoms. The highest BCUT2D eigenvalue weighted by Crippen LogP contribution is 2.34. The summed E-state index contributed by atoms with van der Waals surface area (Å²) < 4.78 is 5.45. The number of imide groups is 1. The van der Waals surface area contributed by atoms with Crippen molar-refractivity contribution in [3.63, 3.8) is 0 Å². The fourth-order valence-corrected chi connectivity index (χ4v) is 3.51. The minimum atomic E-state index is -0.807. The molecule has 0 radical (unpaired) electrons. The minimum Gasteiger partial charge on any atom is -0.439 e. The van der Waals surface area contributed by atoms with Crippen molar-refractivity contribution < 1.29 is 19.4 Å². The van der Waals surface area contributed by atoms with Gasteiger partial charge in [-0.25, -0.2) is 9.69 Å². The summed E-state index contributed by atoms with van der Waals surface area (Å²) in [5, 5.41) is 10.6.